The third kappa shape index (κ3) is 2.13. The predicted molar refractivity (Wildman–Crippen MR) is 62.3 cm³/mol. The summed E-state index contributed by atoms with van der Waals surface area (Å²) in [6.07, 6.45) is 1.30. The van der Waals surface area contributed by atoms with Crippen molar-refractivity contribution in [1.82, 2.24) is 9.97 Å². The van der Waals surface area contributed by atoms with Gasteiger partial charge in [0.05, 0.1) is 13.3 Å². The summed E-state index contributed by atoms with van der Waals surface area (Å²) in [5.74, 6) is 0.306. The molecule has 1 aromatic heterocycles. The molecule has 0 saturated carbocycles. The van der Waals surface area contributed by atoms with E-state index in [9.17, 15) is 4.79 Å². The molecule has 0 saturated heterocycles. The minimum Gasteiger partial charge on any atom is -0.496 e. The number of carboxylic acids is 1. The highest BCUT2D eigenvalue weighted by molar-refractivity contribution is 5.85. The highest BCUT2D eigenvalue weighted by atomic mass is 16.5. The molecule has 0 fully saturated rings. The van der Waals surface area contributed by atoms with E-state index >= 15 is 0 Å². The van der Waals surface area contributed by atoms with Crippen LogP contribution in [0.2, 0.25) is 0 Å². The van der Waals surface area contributed by atoms with Crippen molar-refractivity contribution in [3.05, 3.63) is 35.7 Å². The van der Waals surface area contributed by atoms with Crippen LogP contribution in [0.25, 0.3) is 11.4 Å². The van der Waals surface area contributed by atoms with Crippen LogP contribution in [0.3, 0.4) is 0 Å². The number of aromatic nitrogens is 2. The predicted octanol–water partition coefficient (Wildman–Crippen LogP) is 2.09. The Morgan fingerprint density at radius 1 is 1.47 bits per heavy atom. The van der Waals surface area contributed by atoms with Crippen molar-refractivity contribution in [1.29, 1.82) is 0 Å². The van der Waals surface area contributed by atoms with Gasteiger partial charge in [-0.3, -0.25) is 0 Å². The molecule has 88 valence electrons. The van der Waals surface area contributed by atoms with E-state index < -0.39 is 5.97 Å². The third-order valence-electron chi connectivity index (χ3n) is 2.47. The lowest BCUT2D eigenvalue weighted by atomic mass is 10.1. The molecule has 0 spiro atoms. The molecule has 2 aromatic rings. The Balaban J connectivity index is 2.39. The average Bonchev–Trinajstić information content (AvgIpc) is 2.78. The fraction of sp³-hybridized carbons (Fsp3) is 0.167. The summed E-state index contributed by atoms with van der Waals surface area (Å²) in [7, 11) is 1.61. The first-order valence-corrected chi connectivity index (χ1v) is 5.05. The maximum Gasteiger partial charge on any atom is 0.353 e. The van der Waals surface area contributed by atoms with Gasteiger partial charge in [0.15, 0.2) is 0 Å². The molecular weight excluding hydrogens is 220 g/mol. The Labute approximate surface area is 98.1 Å². The summed E-state index contributed by atoms with van der Waals surface area (Å²) < 4.78 is 5.15. The second kappa shape index (κ2) is 4.29. The van der Waals surface area contributed by atoms with Gasteiger partial charge in [-0.1, -0.05) is 0 Å². The van der Waals surface area contributed by atoms with Gasteiger partial charge in [0.2, 0.25) is 0 Å². The number of carbonyl (C=O) groups is 1. The molecule has 0 amide bonds. The Morgan fingerprint density at radius 2 is 2.24 bits per heavy atom. The van der Waals surface area contributed by atoms with E-state index in [1.54, 1.807) is 7.11 Å². The number of aromatic amines is 1. The quantitative estimate of drug-likeness (QED) is 0.849. The minimum atomic E-state index is -1.02. The molecule has 17 heavy (non-hydrogen) atoms. The molecule has 0 aliphatic rings. The number of benzene rings is 1. The second-order valence-electron chi connectivity index (χ2n) is 3.64. The number of nitrogens with zero attached hydrogens (tertiary/aromatic N) is 1. The molecule has 0 aliphatic heterocycles. The van der Waals surface area contributed by atoms with E-state index in [2.05, 4.69) is 9.97 Å². The zero-order chi connectivity index (χ0) is 12.4. The molecule has 1 aromatic carbocycles. The number of hydrogen-bond donors (Lipinski definition) is 2. The third-order valence-corrected chi connectivity index (χ3v) is 2.47. The normalized spacial score (nSPS) is 10.2. The Bertz CT molecular complexity index is 561. The van der Waals surface area contributed by atoms with Crippen molar-refractivity contribution in [3.63, 3.8) is 0 Å². The number of aromatic carboxylic acids is 1. The van der Waals surface area contributed by atoms with Gasteiger partial charge in [-0.25, -0.2) is 9.78 Å². The number of imidazole rings is 1. The molecule has 2 rings (SSSR count). The van der Waals surface area contributed by atoms with Crippen LogP contribution >= 0.6 is 0 Å². The summed E-state index contributed by atoms with van der Waals surface area (Å²) >= 11 is 0. The zero-order valence-electron chi connectivity index (χ0n) is 9.52. The molecule has 0 aliphatic carbocycles. The van der Waals surface area contributed by atoms with Crippen molar-refractivity contribution in [2.45, 2.75) is 6.92 Å². The number of nitrogens with one attached hydrogen (secondary N) is 1. The van der Waals surface area contributed by atoms with Gasteiger partial charge >= 0.3 is 5.97 Å². The molecule has 5 nitrogen and oxygen atoms in total. The molecule has 0 unspecified atom stereocenters. The average molecular weight is 232 g/mol. The monoisotopic (exact) mass is 232 g/mol. The first kappa shape index (κ1) is 11.2. The number of carboxylic acid groups (broad SMARTS) is 1. The number of ether oxygens (including phenoxy) is 1. The zero-order valence-corrected chi connectivity index (χ0v) is 9.52. The molecule has 2 N–H and O–H groups in total. The first-order valence-electron chi connectivity index (χ1n) is 5.05. The lowest BCUT2D eigenvalue weighted by Crippen LogP contribution is -1.95. The van der Waals surface area contributed by atoms with Crippen molar-refractivity contribution < 1.29 is 14.6 Å². The van der Waals surface area contributed by atoms with Gasteiger partial charge in [-0.2, -0.15) is 0 Å². The van der Waals surface area contributed by atoms with Gasteiger partial charge in [-0.05, 0) is 30.7 Å². The molecule has 5 heteroatoms. The lowest BCUT2D eigenvalue weighted by Gasteiger charge is -2.05. The topological polar surface area (TPSA) is 75.2 Å². The van der Waals surface area contributed by atoms with E-state index in [1.165, 1.54) is 6.20 Å². The van der Waals surface area contributed by atoms with E-state index in [-0.39, 0.29) is 5.69 Å². The van der Waals surface area contributed by atoms with Gasteiger partial charge in [0, 0.05) is 5.56 Å². The van der Waals surface area contributed by atoms with Crippen LogP contribution in [-0.4, -0.2) is 28.2 Å². The van der Waals surface area contributed by atoms with Crippen LogP contribution in [0.5, 0.6) is 5.75 Å². The molecule has 0 atom stereocenters. The fourth-order valence-corrected chi connectivity index (χ4v) is 1.60. The van der Waals surface area contributed by atoms with Crippen LogP contribution < -0.4 is 4.74 Å². The van der Waals surface area contributed by atoms with Gasteiger partial charge < -0.3 is 14.8 Å². The van der Waals surface area contributed by atoms with Crippen molar-refractivity contribution in [2.75, 3.05) is 7.11 Å². The summed E-state index contributed by atoms with van der Waals surface area (Å²) in [6.45, 7) is 1.92. The maximum absolute atomic E-state index is 10.7. The molecule has 0 bridgehead atoms. The Morgan fingerprint density at radius 3 is 2.76 bits per heavy atom. The van der Waals surface area contributed by atoms with Crippen LogP contribution in [0.4, 0.5) is 0 Å². The van der Waals surface area contributed by atoms with Crippen LogP contribution in [0.15, 0.2) is 24.4 Å². The number of hydrogen-bond acceptors (Lipinski definition) is 3. The molecule has 0 radical (unpaired) electrons. The van der Waals surface area contributed by atoms with Crippen molar-refractivity contribution in [3.8, 4) is 17.1 Å². The number of methoxy groups -OCH3 is 1. The number of H-pyrrole nitrogens is 1. The standard InChI is InChI=1S/C12H12N2O3/c1-7-5-8(3-4-10(7)17-2)11-13-6-9(14-11)12(15)16/h3-6H,1-2H3,(H,13,14)(H,15,16). The lowest BCUT2D eigenvalue weighted by molar-refractivity contribution is 0.0691. The van der Waals surface area contributed by atoms with Crippen LogP contribution in [-0.2, 0) is 0 Å². The van der Waals surface area contributed by atoms with E-state index in [0.29, 0.717) is 5.82 Å². The summed E-state index contributed by atoms with van der Waals surface area (Å²) in [6, 6.07) is 5.55. The van der Waals surface area contributed by atoms with Gasteiger partial charge in [0.25, 0.3) is 0 Å². The van der Waals surface area contributed by atoms with Crippen molar-refractivity contribution >= 4 is 5.97 Å². The van der Waals surface area contributed by atoms with E-state index in [0.717, 1.165) is 16.9 Å². The minimum absolute atomic E-state index is 0.0773. The van der Waals surface area contributed by atoms with E-state index in [1.807, 2.05) is 25.1 Å². The van der Waals surface area contributed by atoms with Crippen LogP contribution in [0.1, 0.15) is 16.1 Å². The van der Waals surface area contributed by atoms with Crippen LogP contribution in [0, 0.1) is 6.92 Å². The number of aryl methyl sites for hydroxylation is 1. The smallest absolute Gasteiger partial charge is 0.353 e. The Kier molecular flexibility index (Phi) is 2.82. The molecular formula is C12H12N2O3. The fourth-order valence-electron chi connectivity index (χ4n) is 1.60. The van der Waals surface area contributed by atoms with E-state index in [4.69, 9.17) is 9.84 Å². The maximum atomic E-state index is 10.7. The SMILES string of the molecule is COc1ccc(-c2ncc(C(=O)O)[nH]2)cc1C. The summed E-state index contributed by atoms with van der Waals surface area (Å²) in [5.41, 5.74) is 1.88. The first-order chi connectivity index (χ1) is 8.11. The van der Waals surface area contributed by atoms with Gasteiger partial charge in [-0.15, -0.1) is 0 Å². The van der Waals surface area contributed by atoms with Crippen molar-refractivity contribution in [2.24, 2.45) is 0 Å². The second-order valence-corrected chi connectivity index (χ2v) is 3.64. The van der Waals surface area contributed by atoms with Gasteiger partial charge in [0.1, 0.15) is 17.3 Å². The summed E-state index contributed by atoms with van der Waals surface area (Å²) in [5, 5.41) is 8.79. The molecule has 1 heterocycles. The highest BCUT2D eigenvalue weighted by Gasteiger charge is 2.09. The Hall–Kier alpha value is -2.30. The highest BCUT2D eigenvalue weighted by Crippen LogP contribution is 2.24. The summed E-state index contributed by atoms with van der Waals surface area (Å²) in [4.78, 5) is 17.5. The largest absolute Gasteiger partial charge is 0.496 e. The number of rotatable bonds is 3.